The molecule has 0 aliphatic rings. The highest BCUT2D eigenvalue weighted by molar-refractivity contribution is 5.71. The highest BCUT2D eigenvalue weighted by atomic mass is 16.5. The Morgan fingerprint density at radius 1 is 0.395 bits per heavy atom. The van der Waals surface area contributed by atoms with E-state index >= 15 is 0 Å². The average molecular weight is 507 g/mol. The summed E-state index contributed by atoms with van der Waals surface area (Å²) in [5, 5.41) is 0. The first-order chi connectivity index (χ1) is 18.4. The molecule has 4 nitrogen and oxygen atoms in total. The van der Waals surface area contributed by atoms with Crippen molar-refractivity contribution in [3.8, 4) is 11.5 Å². The third kappa shape index (κ3) is 8.90. The number of nitrogens with zero attached hydrogens (tertiary/aromatic N) is 2. The number of anilines is 2. The molecule has 4 heteroatoms. The summed E-state index contributed by atoms with van der Waals surface area (Å²) in [7, 11) is 11.5. The maximum absolute atomic E-state index is 5.14. The summed E-state index contributed by atoms with van der Waals surface area (Å²) in [6.45, 7) is 0. The molecule has 0 fully saturated rings. The molecule has 0 aromatic heterocycles. The van der Waals surface area contributed by atoms with E-state index in [-0.39, 0.29) is 0 Å². The summed E-state index contributed by atoms with van der Waals surface area (Å²) in [5.41, 5.74) is 7.14. The zero-order valence-corrected chi connectivity index (χ0v) is 23.3. The van der Waals surface area contributed by atoms with Crippen LogP contribution in [0.3, 0.4) is 0 Å². The van der Waals surface area contributed by atoms with E-state index < -0.39 is 0 Å². The van der Waals surface area contributed by atoms with Gasteiger partial charge in [0.25, 0.3) is 0 Å². The van der Waals surface area contributed by atoms with Gasteiger partial charge in [0.2, 0.25) is 0 Å². The zero-order chi connectivity index (χ0) is 27.3. The van der Waals surface area contributed by atoms with E-state index in [1.807, 2.05) is 76.7 Å². The molecule has 0 bridgehead atoms. The largest absolute Gasteiger partial charge is 0.497 e. The van der Waals surface area contributed by atoms with E-state index in [1.54, 1.807) is 14.2 Å². The van der Waals surface area contributed by atoms with Crippen LogP contribution < -0.4 is 19.3 Å². The van der Waals surface area contributed by atoms with Crippen molar-refractivity contribution in [1.82, 2.24) is 0 Å². The minimum absolute atomic E-state index is 0.882. The molecular formula is C34H38N2O2. The highest BCUT2D eigenvalue weighted by Crippen LogP contribution is 2.18. The SMILES string of the molecule is COc1ccc(C=Cc2ccc(N(C)C)cc2)cc1.COc1ccc(C=Cc2ccc(N(C)C)cc2)cc1. The molecule has 0 N–H and O–H groups in total. The Kier molecular flexibility index (Phi) is 10.6. The molecule has 0 aliphatic heterocycles. The van der Waals surface area contributed by atoms with Crippen molar-refractivity contribution in [1.29, 1.82) is 0 Å². The molecule has 0 saturated heterocycles. The first-order valence-corrected chi connectivity index (χ1v) is 12.6. The van der Waals surface area contributed by atoms with Crippen LogP contribution in [-0.2, 0) is 0 Å². The summed E-state index contributed by atoms with van der Waals surface area (Å²) in [6, 6.07) is 33.0. The van der Waals surface area contributed by atoms with E-state index in [1.165, 1.54) is 22.5 Å². The van der Waals surface area contributed by atoms with E-state index in [4.69, 9.17) is 9.47 Å². The Hall–Kier alpha value is -4.44. The molecule has 0 saturated carbocycles. The Balaban J connectivity index is 0.000000211. The molecular weight excluding hydrogens is 468 g/mol. The topological polar surface area (TPSA) is 24.9 Å². The third-order valence-corrected chi connectivity index (χ3v) is 5.99. The molecule has 0 heterocycles. The van der Waals surface area contributed by atoms with Gasteiger partial charge in [-0.2, -0.15) is 0 Å². The van der Waals surface area contributed by atoms with Crippen molar-refractivity contribution in [3.63, 3.8) is 0 Å². The second-order valence-corrected chi connectivity index (χ2v) is 9.18. The quantitative estimate of drug-likeness (QED) is 0.227. The second-order valence-electron chi connectivity index (χ2n) is 9.18. The highest BCUT2D eigenvalue weighted by Gasteiger charge is 1.96. The van der Waals surface area contributed by atoms with Gasteiger partial charge >= 0.3 is 0 Å². The molecule has 4 aromatic carbocycles. The first-order valence-electron chi connectivity index (χ1n) is 12.6. The van der Waals surface area contributed by atoms with Crippen LogP contribution in [0.1, 0.15) is 22.3 Å². The van der Waals surface area contributed by atoms with Gasteiger partial charge in [-0.15, -0.1) is 0 Å². The van der Waals surface area contributed by atoms with Crippen molar-refractivity contribution in [2.24, 2.45) is 0 Å². The standard InChI is InChI=1S/2C17H19NO/c2*1-18(2)16-10-6-14(7-11-16)4-5-15-8-12-17(19-3)13-9-15/h2*4-13H,1-3H3. The minimum atomic E-state index is 0.882. The fourth-order valence-electron chi connectivity index (χ4n) is 3.58. The van der Waals surface area contributed by atoms with Crippen molar-refractivity contribution >= 4 is 35.7 Å². The fraction of sp³-hybridized carbons (Fsp3) is 0.176. The smallest absolute Gasteiger partial charge is 0.118 e. The lowest BCUT2D eigenvalue weighted by Gasteiger charge is -2.11. The number of hydrogen-bond acceptors (Lipinski definition) is 4. The van der Waals surface area contributed by atoms with Crippen LogP contribution in [0.15, 0.2) is 97.1 Å². The van der Waals surface area contributed by atoms with Gasteiger partial charge in [0.15, 0.2) is 0 Å². The number of hydrogen-bond donors (Lipinski definition) is 0. The van der Waals surface area contributed by atoms with Gasteiger partial charge in [-0.3, -0.25) is 0 Å². The first kappa shape index (κ1) is 28.1. The van der Waals surface area contributed by atoms with Crippen LogP contribution >= 0.6 is 0 Å². The van der Waals surface area contributed by atoms with Crippen molar-refractivity contribution in [3.05, 3.63) is 119 Å². The number of benzene rings is 4. The lowest BCUT2D eigenvalue weighted by Crippen LogP contribution is -2.07. The Labute approximate surface area is 228 Å². The fourth-order valence-corrected chi connectivity index (χ4v) is 3.58. The van der Waals surface area contributed by atoms with Gasteiger partial charge in [0, 0.05) is 39.6 Å². The van der Waals surface area contributed by atoms with Crippen molar-refractivity contribution in [2.45, 2.75) is 0 Å². The molecule has 0 unspecified atom stereocenters. The Bertz CT molecular complexity index is 1180. The minimum Gasteiger partial charge on any atom is -0.497 e. The molecule has 196 valence electrons. The molecule has 0 aliphatic carbocycles. The molecule has 38 heavy (non-hydrogen) atoms. The van der Waals surface area contributed by atoms with Gasteiger partial charge in [0.1, 0.15) is 11.5 Å². The number of methoxy groups -OCH3 is 2. The summed E-state index contributed by atoms with van der Waals surface area (Å²) >= 11 is 0. The zero-order valence-electron chi connectivity index (χ0n) is 23.3. The summed E-state index contributed by atoms with van der Waals surface area (Å²) in [4.78, 5) is 4.19. The monoisotopic (exact) mass is 506 g/mol. The van der Waals surface area contributed by atoms with Gasteiger partial charge in [0.05, 0.1) is 14.2 Å². The van der Waals surface area contributed by atoms with Crippen molar-refractivity contribution in [2.75, 3.05) is 52.2 Å². The number of rotatable bonds is 8. The molecule has 0 radical (unpaired) electrons. The molecule has 4 rings (SSSR count). The van der Waals surface area contributed by atoms with E-state index in [0.29, 0.717) is 0 Å². The van der Waals surface area contributed by atoms with Gasteiger partial charge in [-0.05, 0) is 70.8 Å². The lowest BCUT2D eigenvalue weighted by atomic mass is 10.1. The second kappa shape index (κ2) is 14.3. The Morgan fingerprint density at radius 2 is 0.632 bits per heavy atom. The molecule has 4 aromatic rings. The predicted octanol–water partition coefficient (Wildman–Crippen LogP) is 7.86. The lowest BCUT2D eigenvalue weighted by molar-refractivity contribution is 0.414. The predicted molar refractivity (Wildman–Crippen MR) is 165 cm³/mol. The summed E-state index contributed by atoms with van der Waals surface area (Å²) in [6.07, 6.45) is 8.43. The third-order valence-electron chi connectivity index (χ3n) is 5.99. The van der Waals surface area contributed by atoms with Gasteiger partial charge < -0.3 is 19.3 Å². The summed E-state index contributed by atoms with van der Waals surface area (Å²) in [5.74, 6) is 1.76. The van der Waals surface area contributed by atoms with Gasteiger partial charge in [-0.25, -0.2) is 0 Å². The van der Waals surface area contributed by atoms with Crippen LogP contribution in [-0.4, -0.2) is 42.4 Å². The molecule has 0 atom stereocenters. The average Bonchev–Trinajstić information content (AvgIpc) is 2.96. The van der Waals surface area contributed by atoms with Gasteiger partial charge in [-0.1, -0.05) is 72.8 Å². The Morgan fingerprint density at radius 3 is 0.842 bits per heavy atom. The number of ether oxygens (including phenoxy) is 2. The van der Waals surface area contributed by atoms with E-state index in [0.717, 1.165) is 22.6 Å². The van der Waals surface area contributed by atoms with Crippen LogP contribution in [0.2, 0.25) is 0 Å². The van der Waals surface area contributed by atoms with Crippen LogP contribution in [0.5, 0.6) is 11.5 Å². The van der Waals surface area contributed by atoms with Crippen LogP contribution in [0.4, 0.5) is 11.4 Å². The normalized spacial score (nSPS) is 10.7. The van der Waals surface area contributed by atoms with Crippen LogP contribution in [0.25, 0.3) is 24.3 Å². The maximum atomic E-state index is 5.14. The maximum Gasteiger partial charge on any atom is 0.118 e. The molecule has 0 spiro atoms. The van der Waals surface area contributed by atoms with Crippen LogP contribution in [0, 0.1) is 0 Å². The van der Waals surface area contributed by atoms with E-state index in [2.05, 4.69) is 82.6 Å². The van der Waals surface area contributed by atoms with Crippen molar-refractivity contribution < 1.29 is 9.47 Å². The molecule has 0 amide bonds. The van der Waals surface area contributed by atoms with E-state index in [9.17, 15) is 0 Å². The summed E-state index contributed by atoms with van der Waals surface area (Å²) < 4.78 is 10.3.